The number of unbranched alkanes of at least 4 members (excludes halogenated alkanes) is 1. The number of hydrogen-bond donors (Lipinski definition) is 4. The highest BCUT2D eigenvalue weighted by molar-refractivity contribution is 5.95. The summed E-state index contributed by atoms with van der Waals surface area (Å²) >= 11 is 0. The van der Waals surface area contributed by atoms with Crippen LogP contribution in [0.1, 0.15) is 92.1 Å². The van der Waals surface area contributed by atoms with Crippen molar-refractivity contribution in [3.05, 3.63) is 36.0 Å². The molecule has 1 fully saturated rings. The van der Waals surface area contributed by atoms with Gasteiger partial charge in [0, 0.05) is 30.1 Å². The van der Waals surface area contributed by atoms with Gasteiger partial charge in [0.25, 0.3) is 0 Å². The van der Waals surface area contributed by atoms with Gasteiger partial charge in [-0.1, -0.05) is 58.7 Å². The highest BCUT2D eigenvalue weighted by atomic mass is 16.5. The van der Waals surface area contributed by atoms with Gasteiger partial charge in [0.1, 0.15) is 18.1 Å². The number of amides is 4. The van der Waals surface area contributed by atoms with E-state index in [1.54, 1.807) is 35.4 Å². The quantitative estimate of drug-likeness (QED) is 0.259. The second kappa shape index (κ2) is 16.0. The third-order valence-corrected chi connectivity index (χ3v) is 8.54. The van der Waals surface area contributed by atoms with Crippen molar-refractivity contribution in [3.8, 4) is 0 Å². The Morgan fingerprint density at radius 1 is 0.957 bits per heavy atom. The molecular formula is C34H51N5O7. The summed E-state index contributed by atoms with van der Waals surface area (Å²) in [6.45, 7) is 11.8. The number of nitrogens with one attached hydrogen (secondary N) is 3. The Hall–Kier alpha value is -4.09. The fourth-order valence-electron chi connectivity index (χ4n) is 6.17. The molecule has 0 saturated carbocycles. The number of aromatic nitrogens is 1. The largest absolute Gasteiger partial charge is 0.480 e. The summed E-state index contributed by atoms with van der Waals surface area (Å²) in [4.78, 5) is 67.6. The number of hydrogen-bond acceptors (Lipinski definition) is 6. The molecule has 46 heavy (non-hydrogen) atoms. The zero-order valence-corrected chi connectivity index (χ0v) is 28.2. The second-order valence-corrected chi connectivity index (χ2v) is 13.6. The Bertz CT molecular complexity index is 1390. The van der Waals surface area contributed by atoms with Gasteiger partial charge in [-0.15, -0.1) is 0 Å². The smallest absolute Gasteiger partial charge is 0.418 e. The average molecular weight is 642 g/mol. The molecular weight excluding hydrogens is 590 g/mol. The van der Waals surface area contributed by atoms with Crippen LogP contribution in [0.2, 0.25) is 0 Å². The first-order chi connectivity index (χ1) is 21.7. The van der Waals surface area contributed by atoms with E-state index in [-0.39, 0.29) is 36.4 Å². The summed E-state index contributed by atoms with van der Waals surface area (Å²) in [7, 11) is 1.27. The molecule has 3 rings (SSSR count). The number of piperidine rings is 1. The lowest BCUT2D eigenvalue weighted by Crippen LogP contribution is -2.60. The maximum atomic E-state index is 14.0. The molecule has 1 aromatic heterocycles. The van der Waals surface area contributed by atoms with E-state index in [2.05, 4.69) is 16.0 Å². The summed E-state index contributed by atoms with van der Waals surface area (Å²) in [6.07, 6.45) is 5.53. The van der Waals surface area contributed by atoms with Crippen LogP contribution >= 0.6 is 0 Å². The fraction of sp³-hybridized carbons (Fsp3) is 0.618. The van der Waals surface area contributed by atoms with Gasteiger partial charge in [0.15, 0.2) is 0 Å². The minimum absolute atomic E-state index is 0.0174. The summed E-state index contributed by atoms with van der Waals surface area (Å²) < 4.78 is 6.26. The second-order valence-electron chi connectivity index (χ2n) is 13.6. The van der Waals surface area contributed by atoms with Crippen LogP contribution in [0.3, 0.4) is 0 Å². The molecule has 2 aromatic rings. The highest BCUT2D eigenvalue weighted by Gasteiger charge is 2.35. The van der Waals surface area contributed by atoms with Crippen LogP contribution in [-0.2, 0) is 25.5 Å². The first-order valence-corrected chi connectivity index (χ1v) is 16.3. The number of urea groups is 1. The van der Waals surface area contributed by atoms with Gasteiger partial charge < -0.3 is 30.7 Å². The molecule has 0 bridgehead atoms. The molecule has 4 amide bonds. The van der Waals surface area contributed by atoms with Crippen LogP contribution in [0, 0.1) is 5.41 Å². The van der Waals surface area contributed by atoms with Crippen molar-refractivity contribution in [3.63, 3.8) is 0 Å². The van der Waals surface area contributed by atoms with Gasteiger partial charge >= 0.3 is 18.1 Å². The number of carboxylic acid groups (broad SMARTS) is 1. The Kier molecular flexibility index (Phi) is 12.6. The van der Waals surface area contributed by atoms with Crippen molar-refractivity contribution in [2.24, 2.45) is 5.41 Å². The van der Waals surface area contributed by atoms with Gasteiger partial charge in [-0.05, 0) is 63.0 Å². The molecule has 12 heteroatoms. The van der Waals surface area contributed by atoms with Gasteiger partial charge in [-0.25, -0.2) is 14.4 Å². The normalized spacial score (nSPS) is 18.7. The molecule has 254 valence electrons. The molecule has 0 radical (unpaired) electrons. The third kappa shape index (κ3) is 9.46. The molecule has 1 aliphatic rings. The van der Waals surface area contributed by atoms with Crippen molar-refractivity contribution < 1.29 is 33.8 Å². The van der Waals surface area contributed by atoms with Crippen molar-refractivity contribution in [1.29, 1.82) is 0 Å². The van der Waals surface area contributed by atoms with E-state index in [4.69, 9.17) is 4.74 Å². The summed E-state index contributed by atoms with van der Waals surface area (Å²) in [6, 6.07) is 3.49. The van der Waals surface area contributed by atoms with E-state index < -0.39 is 42.0 Å². The molecule has 1 saturated heterocycles. The summed E-state index contributed by atoms with van der Waals surface area (Å²) in [5.41, 5.74) is 0.785. The molecule has 2 heterocycles. The number of likely N-dealkylation sites (tertiary alicyclic amines) is 1. The fourth-order valence-corrected chi connectivity index (χ4v) is 6.17. The number of carbonyl (C=O) groups excluding carboxylic acids is 4. The number of ether oxygens (including phenoxy) is 1. The van der Waals surface area contributed by atoms with Crippen molar-refractivity contribution in [1.82, 2.24) is 25.4 Å². The van der Waals surface area contributed by atoms with E-state index in [9.17, 15) is 29.1 Å². The van der Waals surface area contributed by atoms with E-state index in [1.165, 1.54) is 11.7 Å². The number of para-hydroxylation sites is 1. The topological polar surface area (TPSA) is 159 Å². The molecule has 5 atom stereocenters. The molecule has 0 spiro atoms. The minimum Gasteiger partial charge on any atom is -0.480 e. The number of methoxy groups -OCH3 is 1. The third-order valence-electron chi connectivity index (χ3n) is 8.54. The minimum atomic E-state index is -1.21. The predicted octanol–water partition coefficient (Wildman–Crippen LogP) is 4.82. The predicted molar refractivity (Wildman–Crippen MR) is 175 cm³/mol. The molecule has 2 unspecified atom stereocenters. The molecule has 1 aliphatic heterocycles. The van der Waals surface area contributed by atoms with Gasteiger partial charge in [0.05, 0.1) is 12.6 Å². The standard InChI is InChI=1S/C34H51N5O7/c1-8-9-16-25(31(42)43)35-29(40)26(18-23-20-38(33(45)46-7)28-17-11-10-15-24(23)28)36-30(41)27(19-34(4,5)6)37-32(44)39-21(2)13-12-14-22(39)3/h10-11,15,17,20-22,25-27H,8-9,12-14,16,18-19H2,1-7H3,(H,35,40)(H,36,41)(H,37,44)(H,42,43)/t21?,22?,25-,26-,27+/m1/s1. The lowest BCUT2D eigenvalue weighted by molar-refractivity contribution is -0.142. The summed E-state index contributed by atoms with van der Waals surface area (Å²) in [5.74, 6) is -2.40. The Balaban J connectivity index is 1.97. The SMILES string of the molecule is CCCC[C@@H](NC(=O)[C@@H](Cc1cn(C(=O)OC)c2ccccc12)NC(=O)[C@H](CC(C)(C)C)NC(=O)N1C(C)CCCC1C)C(=O)O. The highest BCUT2D eigenvalue weighted by Crippen LogP contribution is 2.26. The summed E-state index contributed by atoms with van der Waals surface area (Å²) in [5, 5.41) is 18.9. The molecule has 4 N–H and O–H groups in total. The first-order valence-electron chi connectivity index (χ1n) is 16.3. The van der Waals surface area contributed by atoms with Gasteiger partial charge in [-0.3, -0.25) is 14.2 Å². The monoisotopic (exact) mass is 641 g/mol. The number of carbonyl (C=O) groups is 5. The Labute approximate surface area is 271 Å². The van der Waals surface area contributed by atoms with Gasteiger partial charge in [-0.2, -0.15) is 0 Å². The van der Waals surface area contributed by atoms with E-state index >= 15 is 0 Å². The lowest BCUT2D eigenvalue weighted by atomic mass is 9.87. The first kappa shape index (κ1) is 36.4. The maximum absolute atomic E-state index is 14.0. The maximum Gasteiger partial charge on any atom is 0.418 e. The van der Waals surface area contributed by atoms with Crippen LogP contribution < -0.4 is 16.0 Å². The Morgan fingerprint density at radius 2 is 1.57 bits per heavy atom. The van der Waals surface area contributed by atoms with Gasteiger partial charge in [0.2, 0.25) is 11.8 Å². The number of benzene rings is 1. The molecule has 1 aromatic carbocycles. The van der Waals surface area contributed by atoms with Crippen LogP contribution in [-0.4, -0.2) is 81.8 Å². The number of nitrogens with zero attached hydrogens (tertiary/aromatic N) is 2. The lowest BCUT2D eigenvalue weighted by Gasteiger charge is -2.40. The zero-order chi connectivity index (χ0) is 34.2. The number of fused-ring (bicyclic) bond motifs is 1. The number of carboxylic acids is 1. The van der Waals surface area contributed by atoms with Crippen LogP contribution in [0.15, 0.2) is 30.5 Å². The van der Waals surface area contributed by atoms with Crippen LogP contribution in [0.4, 0.5) is 9.59 Å². The van der Waals surface area contributed by atoms with E-state index in [0.29, 0.717) is 29.3 Å². The van der Waals surface area contributed by atoms with Crippen molar-refractivity contribution in [2.45, 2.75) is 123 Å². The van der Waals surface area contributed by atoms with E-state index in [0.717, 1.165) is 25.7 Å². The van der Waals surface area contributed by atoms with Crippen molar-refractivity contribution in [2.75, 3.05) is 7.11 Å². The molecule has 0 aliphatic carbocycles. The van der Waals surface area contributed by atoms with E-state index in [1.807, 2.05) is 41.5 Å². The number of rotatable bonds is 12. The number of aliphatic carboxylic acids is 1. The average Bonchev–Trinajstić information content (AvgIpc) is 3.35. The van der Waals surface area contributed by atoms with Crippen LogP contribution in [0.5, 0.6) is 0 Å². The van der Waals surface area contributed by atoms with Crippen molar-refractivity contribution >= 4 is 40.8 Å². The van der Waals surface area contributed by atoms with Crippen LogP contribution in [0.25, 0.3) is 10.9 Å². The zero-order valence-electron chi connectivity index (χ0n) is 28.2. The Morgan fingerprint density at radius 3 is 2.15 bits per heavy atom. The molecule has 12 nitrogen and oxygen atoms in total.